The molecule has 1 saturated heterocycles. The van der Waals surface area contributed by atoms with E-state index in [1.807, 2.05) is 0 Å². The predicted molar refractivity (Wildman–Crippen MR) is 74.7 cm³/mol. The molecule has 21 heavy (non-hydrogen) atoms. The van der Waals surface area contributed by atoms with Crippen LogP contribution in [0.3, 0.4) is 0 Å². The molecule has 0 saturated carbocycles. The molecule has 116 valence electrons. The first-order valence-corrected chi connectivity index (χ1v) is 6.92. The summed E-state index contributed by atoms with van der Waals surface area (Å²) in [5.74, 6) is -0.596. The van der Waals surface area contributed by atoms with Gasteiger partial charge in [0.2, 0.25) is 5.91 Å². The number of aliphatic hydroxyl groups is 1. The van der Waals surface area contributed by atoms with Crippen molar-refractivity contribution in [3.8, 4) is 5.75 Å². The first-order valence-electron chi connectivity index (χ1n) is 6.92. The molecule has 1 aliphatic rings. The van der Waals surface area contributed by atoms with Gasteiger partial charge >= 0.3 is 0 Å². The molecule has 0 bridgehead atoms. The molecule has 2 rings (SSSR count). The number of carbonyl (C=O) groups excluding carboxylic acids is 1. The van der Waals surface area contributed by atoms with E-state index in [0.717, 1.165) is 0 Å². The van der Waals surface area contributed by atoms with Crippen molar-refractivity contribution in [2.45, 2.75) is 24.9 Å². The van der Waals surface area contributed by atoms with Crippen LogP contribution in [0.1, 0.15) is 18.4 Å². The van der Waals surface area contributed by atoms with Crippen LogP contribution in [0.4, 0.5) is 4.39 Å². The van der Waals surface area contributed by atoms with Crippen molar-refractivity contribution < 1.29 is 23.8 Å². The van der Waals surface area contributed by atoms with Gasteiger partial charge in [0.15, 0.2) is 11.6 Å². The van der Waals surface area contributed by atoms with Crippen LogP contribution < -0.4 is 10.1 Å². The van der Waals surface area contributed by atoms with Gasteiger partial charge in [-0.1, -0.05) is 6.07 Å². The van der Waals surface area contributed by atoms with E-state index >= 15 is 0 Å². The van der Waals surface area contributed by atoms with E-state index < -0.39 is 11.4 Å². The van der Waals surface area contributed by atoms with Gasteiger partial charge in [-0.05, 0) is 17.7 Å². The molecule has 0 aliphatic carbocycles. The quantitative estimate of drug-likeness (QED) is 0.852. The lowest BCUT2D eigenvalue weighted by molar-refractivity contribution is -0.123. The Labute approximate surface area is 123 Å². The summed E-state index contributed by atoms with van der Waals surface area (Å²) >= 11 is 0. The maximum atomic E-state index is 13.5. The van der Waals surface area contributed by atoms with Crippen LogP contribution in [0.5, 0.6) is 5.75 Å². The molecular formula is C15H20FNO4. The van der Waals surface area contributed by atoms with Gasteiger partial charge in [-0.3, -0.25) is 4.79 Å². The number of nitrogens with one attached hydrogen (secondary N) is 1. The molecule has 1 aromatic carbocycles. The van der Waals surface area contributed by atoms with Crippen LogP contribution in [0.2, 0.25) is 0 Å². The standard InChI is InChI=1S/C15H20FNO4/c1-20-13-3-2-11(8-12(13)16)9-14(18)17-10-15(19)4-6-21-7-5-15/h2-3,8,19H,4-7,9-10H2,1H3,(H,17,18). The number of methoxy groups -OCH3 is 1. The Morgan fingerprint density at radius 2 is 2.19 bits per heavy atom. The Bertz CT molecular complexity index is 500. The lowest BCUT2D eigenvalue weighted by Gasteiger charge is -2.32. The van der Waals surface area contributed by atoms with E-state index in [1.165, 1.54) is 19.2 Å². The predicted octanol–water partition coefficient (Wildman–Crippen LogP) is 1.03. The topological polar surface area (TPSA) is 67.8 Å². The zero-order chi connectivity index (χ0) is 15.3. The molecule has 0 spiro atoms. The van der Waals surface area contributed by atoms with Crippen LogP contribution in [0.25, 0.3) is 0 Å². The first-order chi connectivity index (χ1) is 10.0. The van der Waals surface area contributed by atoms with E-state index in [9.17, 15) is 14.3 Å². The van der Waals surface area contributed by atoms with Crippen molar-refractivity contribution in [1.29, 1.82) is 0 Å². The SMILES string of the molecule is COc1ccc(CC(=O)NCC2(O)CCOCC2)cc1F. The van der Waals surface area contributed by atoms with Gasteiger partial charge in [0.1, 0.15) is 0 Å². The molecular weight excluding hydrogens is 277 g/mol. The zero-order valence-electron chi connectivity index (χ0n) is 12.0. The third kappa shape index (κ3) is 4.41. The number of hydrogen-bond donors (Lipinski definition) is 2. The molecule has 1 amide bonds. The lowest BCUT2D eigenvalue weighted by Crippen LogP contribution is -2.46. The summed E-state index contributed by atoms with van der Waals surface area (Å²) in [4.78, 5) is 11.9. The summed E-state index contributed by atoms with van der Waals surface area (Å²) in [6, 6.07) is 4.41. The number of hydrogen-bond acceptors (Lipinski definition) is 4. The summed E-state index contributed by atoms with van der Waals surface area (Å²) in [6.07, 6.45) is 1.07. The summed E-state index contributed by atoms with van der Waals surface area (Å²) in [6.45, 7) is 1.18. The highest BCUT2D eigenvalue weighted by Crippen LogP contribution is 2.20. The summed E-state index contributed by atoms with van der Waals surface area (Å²) < 4.78 is 23.5. The van der Waals surface area contributed by atoms with Crippen LogP contribution in [0, 0.1) is 5.82 Å². The Kier molecular flexibility index (Phi) is 5.14. The minimum Gasteiger partial charge on any atom is -0.494 e. The van der Waals surface area contributed by atoms with Gasteiger partial charge < -0.3 is 19.9 Å². The maximum absolute atomic E-state index is 13.5. The molecule has 5 nitrogen and oxygen atoms in total. The second kappa shape index (κ2) is 6.87. The van der Waals surface area contributed by atoms with Gasteiger partial charge in [-0.25, -0.2) is 4.39 Å². The smallest absolute Gasteiger partial charge is 0.224 e. The Hall–Kier alpha value is -1.66. The molecule has 0 atom stereocenters. The van der Waals surface area contributed by atoms with Gasteiger partial charge in [0.05, 0.1) is 19.1 Å². The summed E-state index contributed by atoms with van der Waals surface area (Å²) in [5, 5.41) is 12.9. The van der Waals surface area contributed by atoms with E-state index in [2.05, 4.69) is 5.32 Å². The van der Waals surface area contributed by atoms with Gasteiger partial charge in [0, 0.05) is 32.6 Å². The van der Waals surface area contributed by atoms with Crippen molar-refractivity contribution in [2.24, 2.45) is 0 Å². The van der Waals surface area contributed by atoms with Crippen molar-refractivity contribution in [3.63, 3.8) is 0 Å². The van der Waals surface area contributed by atoms with Crippen molar-refractivity contribution in [2.75, 3.05) is 26.9 Å². The molecule has 1 aliphatic heterocycles. The lowest BCUT2D eigenvalue weighted by atomic mass is 9.94. The van der Waals surface area contributed by atoms with Crippen LogP contribution in [-0.4, -0.2) is 43.5 Å². The van der Waals surface area contributed by atoms with Gasteiger partial charge in [0.25, 0.3) is 0 Å². The monoisotopic (exact) mass is 297 g/mol. The average molecular weight is 297 g/mol. The molecule has 6 heteroatoms. The molecule has 1 heterocycles. The zero-order valence-corrected chi connectivity index (χ0v) is 12.0. The maximum Gasteiger partial charge on any atom is 0.224 e. The third-order valence-corrected chi connectivity index (χ3v) is 3.62. The highest BCUT2D eigenvalue weighted by atomic mass is 19.1. The fraction of sp³-hybridized carbons (Fsp3) is 0.533. The van der Waals surface area contributed by atoms with E-state index in [0.29, 0.717) is 31.6 Å². The van der Waals surface area contributed by atoms with Gasteiger partial charge in [-0.15, -0.1) is 0 Å². The summed E-state index contributed by atoms with van der Waals surface area (Å²) in [5.41, 5.74) is -0.344. The van der Waals surface area contributed by atoms with Gasteiger partial charge in [-0.2, -0.15) is 0 Å². The number of benzene rings is 1. The highest BCUT2D eigenvalue weighted by Gasteiger charge is 2.30. The summed E-state index contributed by atoms with van der Waals surface area (Å²) in [7, 11) is 1.39. The van der Waals surface area contributed by atoms with E-state index in [-0.39, 0.29) is 24.6 Å². The fourth-order valence-corrected chi connectivity index (χ4v) is 2.26. The average Bonchev–Trinajstić information content (AvgIpc) is 2.46. The van der Waals surface area contributed by atoms with Crippen molar-refractivity contribution >= 4 is 5.91 Å². The molecule has 0 unspecified atom stereocenters. The molecule has 1 aromatic rings. The van der Waals surface area contributed by atoms with Crippen molar-refractivity contribution in [3.05, 3.63) is 29.6 Å². The molecule has 1 fully saturated rings. The Morgan fingerprint density at radius 3 is 2.81 bits per heavy atom. The van der Waals surface area contributed by atoms with Crippen molar-refractivity contribution in [1.82, 2.24) is 5.32 Å². The number of amides is 1. The third-order valence-electron chi connectivity index (χ3n) is 3.62. The van der Waals surface area contributed by atoms with Crippen LogP contribution in [0.15, 0.2) is 18.2 Å². The highest BCUT2D eigenvalue weighted by molar-refractivity contribution is 5.78. The molecule has 2 N–H and O–H groups in total. The molecule has 0 aromatic heterocycles. The fourth-order valence-electron chi connectivity index (χ4n) is 2.26. The Balaban J connectivity index is 1.85. The second-order valence-corrected chi connectivity index (χ2v) is 5.26. The number of ether oxygens (including phenoxy) is 2. The minimum absolute atomic E-state index is 0.0630. The first kappa shape index (κ1) is 15.7. The number of halogens is 1. The van der Waals surface area contributed by atoms with Crippen LogP contribution in [-0.2, 0) is 16.0 Å². The number of carbonyl (C=O) groups is 1. The van der Waals surface area contributed by atoms with E-state index in [1.54, 1.807) is 6.07 Å². The number of rotatable bonds is 5. The Morgan fingerprint density at radius 1 is 1.48 bits per heavy atom. The largest absolute Gasteiger partial charge is 0.494 e. The normalized spacial score (nSPS) is 17.3. The van der Waals surface area contributed by atoms with Crippen LogP contribution >= 0.6 is 0 Å². The second-order valence-electron chi connectivity index (χ2n) is 5.26. The minimum atomic E-state index is -0.904. The van der Waals surface area contributed by atoms with E-state index in [4.69, 9.17) is 9.47 Å². The molecule has 0 radical (unpaired) electrons.